The predicted molar refractivity (Wildman–Crippen MR) is 151 cm³/mol. The zero-order valence-corrected chi connectivity index (χ0v) is 22.2. The lowest BCUT2D eigenvalue weighted by Crippen LogP contribution is -2.53. The van der Waals surface area contributed by atoms with Crippen molar-refractivity contribution < 1.29 is 14.3 Å². The van der Waals surface area contributed by atoms with Crippen molar-refractivity contribution in [3.63, 3.8) is 0 Å². The maximum atomic E-state index is 13.4. The quantitative estimate of drug-likeness (QED) is 0.263. The zero-order chi connectivity index (χ0) is 27.2. The Morgan fingerprint density at radius 2 is 1.42 bits per heavy atom. The van der Waals surface area contributed by atoms with Gasteiger partial charge in [0.05, 0.1) is 6.61 Å². The molecule has 3 rings (SSSR count). The number of nitrogens with two attached hydrogens (primary N) is 1. The Hall–Kier alpha value is -4.10. The third kappa shape index (κ3) is 9.09. The van der Waals surface area contributed by atoms with E-state index in [9.17, 15) is 9.59 Å². The third-order valence-electron chi connectivity index (χ3n) is 6.10. The highest BCUT2D eigenvalue weighted by Gasteiger charge is 2.25. The predicted octanol–water partition coefficient (Wildman–Crippen LogP) is 3.62. The summed E-state index contributed by atoms with van der Waals surface area (Å²) in [5.41, 5.74) is 9.61. The normalized spacial score (nSPS) is 12.5. The van der Waals surface area contributed by atoms with Crippen LogP contribution in [-0.2, 0) is 35.5 Å². The molecule has 38 heavy (non-hydrogen) atoms. The monoisotopic (exact) mass is 514 g/mol. The van der Waals surface area contributed by atoms with E-state index in [1.165, 1.54) is 0 Å². The van der Waals surface area contributed by atoms with Crippen molar-refractivity contribution in [2.45, 2.75) is 51.9 Å². The standard InChI is InChI=1S/C31H38N4O3/c1-3-18-33-28(19-24-14-16-27(17-15-24)38-4-2)31(37)35-29(20-23-8-6-5-7-9-23)30(36)34-22-26-12-10-25(21-32)11-13-26/h3,5-18,28-29,33H,4,19-22,32H2,1-2H3,(H,34,36)(H,35,37)/t28-,29+/m1/s1. The minimum atomic E-state index is -0.733. The van der Waals surface area contributed by atoms with Crippen molar-refractivity contribution in [2.24, 2.45) is 5.73 Å². The molecule has 0 heterocycles. The van der Waals surface area contributed by atoms with Gasteiger partial charge in [0.2, 0.25) is 11.8 Å². The Balaban J connectivity index is 1.72. The van der Waals surface area contributed by atoms with Crippen LogP contribution < -0.4 is 26.4 Å². The van der Waals surface area contributed by atoms with E-state index >= 15 is 0 Å². The van der Waals surface area contributed by atoms with Crippen molar-refractivity contribution >= 4 is 11.8 Å². The van der Waals surface area contributed by atoms with Crippen LogP contribution in [0.5, 0.6) is 5.75 Å². The first-order chi connectivity index (χ1) is 18.5. The molecule has 5 N–H and O–H groups in total. The number of hydrogen-bond acceptors (Lipinski definition) is 5. The van der Waals surface area contributed by atoms with Crippen molar-refractivity contribution in [2.75, 3.05) is 6.61 Å². The van der Waals surface area contributed by atoms with E-state index in [2.05, 4.69) is 16.0 Å². The van der Waals surface area contributed by atoms with E-state index in [0.717, 1.165) is 28.0 Å². The molecule has 0 spiro atoms. The summed E-state index contributed by atoms with van der Waals surface area (Å²) in [5, 5.41) is 9.14. The minimum absolute atomic E-state index is 0.240. The molecule has 3 aromatic rings. The third-order valence-corrected chi connectivity index (χ3v) is 6.10. The summed E-state index contributed by atoms with van der Waals surface area (Å²) >= 11 is 0. The van der Waals surface area contributed by atoms with Crippen LogP contribution in [0.15, 0.2) is 91.1 Å². The summed E-state index contributed by atoms with van der Waals surface area (Å²) in [4.78, 5) is 26.7. The molecule has 0 saturated carbocycles. The van der Waals surface area contributed by atoms with Gasteiger partial charge in [-0.2, -0.15) is 0 Å². The van der Waals surface area contributed by atoms with Crippen molar-refractivity contribution in [1.82, 2.24) is 16.0 Å². The van der Waals surface area contributed by atoms with Gasteiger partial charge in [0.1, 0.15) is 17.8 Å². The first-order valence-electron chi connectivity index (χ1n) is 13.0. The summed E-state index contributed by atoms with van der Waals surface area (Å²) in [5.74, 6) is 0.298. The fourth-order valence-electron chi connectivity index (χ4n) is 4.00. The second kappa shape index (κ2) is 15.2. The smallest absolute Gasteiger partial charge is 0.243 e. The highest BCUT2D eigenvalue weighted by Crippen LogP contribution is 2.14. The van der Waals surface area contributed by atoms with Crippen LogP contribution in [0.3, 0.4) is 0 Å². The van der Waals surface area contributed by atoms with E-state index in [1.54, 1.807) is 6.20 Å². The summed E-state index contributed by atoms with van der Waals surface area (Å²) in [6.07, 6.45) is 4.41. The van der Waals surface area contributed by atoms with Gasteiger partial charge in [-0.3, -0.25) is 9.59 Å². The van der Waals surface area contributed by atoms with E-state index < -0.39 is 12.1 Å². The molecule has 3 aromatic carbocycles. The second-order valence-corrected chi connectivity index (χ2v) is 8.99. The molecular formula is C31H38N4O3. The molecule has 0 unspecified atom stereocenters. The number of amides is 2. The molecule has 0 radical (unpaired) electrons. The van der Waals surface area contributed by atoms with Gasteiger partial charge in [-0.05, 0) is 54.4 Å². The molecule has 200 valence electrons. The highest BCUT2D eigenvalue weighted by atomic mass is 16.5. The number of hydrogen-bond donors (Lipinski definition) is 4. The first kappa shape index (κ1) is 28.5. The van der Waals surface area contributed by atoms with Gasteiger partial charge in [-0.25, -0.2) is 0 Å². The van der Waals surface area contributed by atoms with Crippen LogP contribution in [0.2, 0.25) is 0 Å². The number of carbonyl (C=O) groups excluding carboxylic acids is 2. The maximum Gasteiger partial charge on any atom is 0.243 e. The average molecular weight is 515 g/mol. The highest BCUT2D eigenvalue weighted by molar-refractivity contribution is 5.90. The molecule has 0 aliphatic carbocycles. The van der Waals surface area contributed by atoms with Gasteiger partial charge in [0.25, 0.3) is 0 Å². The molecule has 0 bridgehead atoms. The molecular weight excluding hydrogens is 476 g/mol. The largest absolute Gasteiger partial charge is 0.494 e. The maximum absolute atomic E-state index is 13.4. The van der Waals surface area contributed by atoms with Gasteiger partial charge in [0, 0.05) is 25.9 Å². The van der Waals surface area contributed by atoms with Crippen molar-refractivity contribution in [3.05, 3.63) is 113 Å². The Kier molecular flexibility index (Phi) is 11.4. The van der Waals surface area contributed by atoms with Crippen LogP contribution in [0.25, 0.3) is 0 Å². The van der Waals surface area contributed by atoms with Crippen LogP contribution in [0, 0.1) is 0 Å². The summed E-state index contributed by atoms with van der Waals surface area (Å²) in [6.45, 7) is 5.24. The van der Waals surface area contributed by atoms with E-state index in [1.807, 2.05) is 98.8 Å². The zero-order valence-electron chi connectivity index (χ0n) is 22.2. The number of rotatable bonds is 14. The van der Waals surface area contributed by atoms with Gasteiger partial charge in [-0.15, -0.1) is 0 Å². The number of nitrogens with one attached hydrogen (secondary N) is 3. The first-order valence-corrected chi connectivity index (χ1v) is 13.0. The van der Waals surface area contributed by atoms with E-state index in [4.69, 9.17) is 10.5 Å². The van der Waals surface area contributed by atoms with Crippen LogP contribution >= 0.6 is 0 Å². The Morgan fingerprint density at radius 1 is 0.816 bits per heavy atom. The number of benzene rings is 3. The van der Waals surface area contributed by atoms with Crippen LogP contribution in [-0.4, -0.2) is 30.5 Å². The molecule has 2 atom stereocenters. The van der Waals surface area contributed by atoms with Gasteiger partial charge in [0.15, 0.2) is 0 Å². The Morgan fingerprint density at radius 3 is 2.05 bits per heavy atom. The van der Waals surface area contributed by atoms with Gasteiger partial charge < -0.3 is 26.4 Å². The number of allylic oxidation sites excluding steroid dienone is 1. The Labute approximate surface area is 225 Å². The van der Waals surface area contributed by atoms with Gasteiger partial charge >= 0.3 is 0 Å². The molecule has 0 aliphatic rings. The lowest BCUT2D eigenvalue weighted by Gasteiger charge is -2.23. The average Bonchev–Trinajstić information content (AvgIpc) is 2.95. The van der Waals surface area contributed by atoms with Gasteiger partial charge in [-0.1, -0.05) is 72.8 Å². The fourth-order valence-corrected chi connectivity index (χ4v) is 4.00. The van der Waals surface area contributed by atoms with E-state index in [0.29, 0.717) is 32.5 Å². The molecule has 0 aliphatic heterocycles. The van der Waals surface area contributed by atoms with Crippen LogP contribution in [0.1, 0.15) is 36.1 Å². The number of ether oxygens (including phenoxy) is 1. The summed E-state index contributed by atoms with van der Waals surface area (Å²) < 4.78 is 5.52. The molecule has 2 amide bonds. The number of carbonyl (C=O) groups is 2. The molecule has 7 heteroatoms. The molecule has 7 nitrogen and oxygen atoms in total. The Bertz CT molecular complexity index is 1160. The lowest BCUT2D eigenvalue weighted by atomic mass is 10.0. The molecule has 0 saturated heterocycles. The summed E-state index contributed by atoms with van der Waals surface area (Å²) in [7, 11) is 0. The minimum Gasteiger partial charge on any atom is -0.494 e. The van der Waals surface area contributed by atoms with Crippen molar-refractivity contribution in [3.8, 4) is 5.75 Å². The fraction of sp³-hybridized carbons (Fsp3) is 0.290. The topological polar surface area (TPSA) is 105 Å². The van der Waals surface area contributed by atoms with Crippen LogP contribution in [0.4, 0.5) is 0 Å². The SMILES string of the molecule is CC=CN[C@H](Cc1ccc(OCC)cc1)C(=O)N[C@@H](Cc1ccccc1)C(=O)NCc1ccc(CN)cc1. The van der Waals surface area contributed by atoms with E-state index in [-0.39, 0.29) is 11.8 Å². The van der Waals surface area contributed by atoms with Crippen molar-refractivity contribution in [1.29, 1.82) is 0 Å². The lowest BCUT2D eigenvalue weighted by molar-refractivity contribution is -0.130. The second-order valence-electron chi connectivity index (χ2n) is 8.99. The molecule has 0 aromatic heterocycles. The summed E-state index contributed by atoms with van der Waals surface area (Å²) in [6, 6.07) is 23.9. The molecule has 0 fully saturated rings.